The van der Waals surface area contributed by atoms with Crippen molar-refractivity contribution in [2.75, 3.05) is 5.32 Å². The van der Waals surface area contributed by atoms with Gasteiger partial charge in [0, 0.05) is 6.92 Å². The Labute approximate surface area is 110 Å². The van der Waals surface area contributed by atoms with E-state index >= 15 is 0 Å². The number of nitrogens with one attached hydrogen (secondary N) is 3. The lowest BCUT2D eigenvalue weighted by molar-refractivity contribution is -0.114. The van der Waals surface area contributed by atoms with E-state index in [0.717, 1.165) is 11.3 Å². The summed E-state index contributed by atoms with van der Waals surface area (Å²) in [4.78, 5) is 10.8. The number of aromatic amines is 1. The molecule has 1 amide bonds. The third kappa shape index (κ3) is 3.49. The molecular formula is C6H8N8O3S2. The lowest BCUT2D eigenvalue weighted by Gasteiger charge is -1.99. The lowest BCUT2D eigenvalue weighted by atomic mass is 10.7. The number of rotatable bonds is 5. The highest BCUT2D eigenvalue weighted by atomic mass is 32.2. The first-order chi connectivity index (χ1) is 8.97. The summed E-state index contributed by atoms with van der Waals surface area (Å²) in [5.41, 5.74) is 0. The fraction of sp³-hybridized carbons (Fsp3) is 0.333. The maximum Gasteiger partial charge on any atom is 0.270 e. The van der Waals surface area contributed by atoms with Crippen molar-refractivity contribution in [3.05, 3.63) is 5.82 Å². The second-order valence-electron chi connectivity index (χ2n) is 3.21. The van der Waals surface area contributed by atoms with E-state index < -0.39 is 10.0 Å². The van der Waals surface area contributed by atoms with Crippen LogP contribution >= 0.6 is 11.3 Å². The van der Waals surface area contributed by atoms with Crippen molar-refractivity contribution in [2.24, 2.45) is 0 Å². The van der Waals surface area contributed by atoms with Gasteiger partial charge in [-0.25, -0.2) is 13.1 Å². The Hall–Kier alpha value is -1.99. The van der Waals surface area contributed by atoms with Crippen molar-refractivity contribution in [2.45, 2.75) is 17.8 Å². The Morgan fingerprint density at radius 1 is 1.37 bits per heavy atom. The zero-order valence-electron chi connectivity index (χ0n) is 9.48. The average Bonchev–Trinajstić information content (AvgIpc) is 2.96. The highest BCUT2D eigenvalue weighted by Gasteiger charge is 2.20. The van der Waals surface area contributed by atoms with Gasteiger partial charge in [0.2, 0.25) is 15.4 Å². The molecule has 0 unspecified atom stereocenters. The normalized spacial score (nSPS) is 11.4. The molecule has 2 aromatic heterocycles. The number of hydrogen-bond acceptors (Lipinski definition) is 9. The molecule has 0 bridgehead atoms. The van der Waals surface area contributed by atoms with Gasteiger partial charge in [0.25, 0.3) is 10.0 Å². The number of nitrogens with zero attached hydrogens (tertiary/aromatic N) is 5. The predicted octanol–water partition coefficient (Wildman–Crippen LogP) is -1.51. The van der Waals surface area contributed by atoms with Gasteiger partial charge in [0.1, 0.15) is 0 Å². The smallest absolute Gasteiger partial charge is 0.270 e. The summed E-state index contributed by atoms with van der Waals surface area (Å²) < 4.78 is 25.6. The van der Waals surface area contributed by atoms with Crippen molar-refractivity contribution in [3.8, 4) is 0 Å². The molecule has 0 aliphatic heterocycles. The molecule has 0 saturated carbocycles. The summed E-state index contributed by atoms with van der Waals surface area (Å²) in [5, 5.41) is 22.1. The summed E-state index contributed by atoms with van der Waals surface area (Å²) in [7, 11) is -3.83. The molecule has 0 radical (unpaired) electrons. The number of sulfonamides is 1. The van der Waals surface area contributed by atoms with Gasteiger partial charge in [-0.15, -0.1) is 20.4 Å². The first-order valence-corrected chi connectivity index (χ1v) is 7.10. The van der Waals surface area contributed by atoms with E-state index in [9.17, 15) is 13.2 Å². The van der Waals surface area contributed by atoms with Crippen molar-refractivity contribution in [1.29, 1.82) is 0 Å². The number of H-pyrrole nitrogens is 1. The summed E-state index contributed by atoms with van der Waals surface area (Å²) in [6, 6.07) is 0. The molecule has 3 N–H and O–H groups in total. The van der Waals surface area contributed by atoms with Gasteiger partial charge in [-0.05, 0) is 0 Å². The van der Waals surface area contributed by atoms with Gasteiger partial charge in [-0.2, -0.15) is 5.21 Å². The zero-order chi connectivity index (χ0) is 13.9. The summed E-state index contributed by atoms with van der Waals surface area (Å²) in [6.45, 7) is 1.15. The third-order valence-corrected chi connectivity index (χ3v) is 4.34. The first kappa shape index (κ1) is 13.4. The molecule has 0 fully saturated rings. The van der Waals surface area contributed by atoms with Crippen molar-refractivity contribution < 1.29 is 13.2 Å². The van der Waals surface area contributed by atoms with Crippen LogP contribution in [0.2, 0.25) is 0 Å². The predicted molar refractivity (Wildman–Crippen MR) is 62.4 cm³/mol. The Bertz CT molecular complexity index is 662. The number of carbonyl (C=O) groups excluding carboxylic acids is 1. The Morgan fingerprint density at radius 2 is 2.16 bits per heavy atom. The van der Waals surface area contributed by atoms with Crippen LogP contribution in [-0.4, -0.2) is 45.1 Å². The van der Waals surface area contributed by atoms with Crippen LogP contribution in [-0.2, 0) is 21.4 Å². The molecule has 11 nitrogen and oxygen atoms in total. The molecule has 0 saturated heterocycles. The van der Waals surface area contributed by atoms with Crippen LogP contribution in [0.4, 0.5) is 5.13 Å². The minimum atomic E-state index is -3.83. The first-order valence-electron chi connectivity index (χ1n) is 4.80. The minimum Gasteiger partial charge on any atom is -0.301 e. The summed E-state index contributed by atoms with van der Waals surface area (Å²) >= 11 is 0.736. The van der Waals surface area contributed by atoms with Crippen molar-refractivity contribution >= 4 is 32.4 Å². The minimum absolute atomic E-state index is 0.104. The molecule has 102 valence electrons. The molecule has 19 heavy (non-hydrogen) atoms. The van der Waals surface area contributed by atoms with E-state index in [0.29, 0.717) is 0 Å². The molecule has 13 heteroatoms. The second kappa shape index (κ2) is 5.33. The SMILES string of the molecule is CC(=O)Nc1nnc(S(=O)(=O)NCc2nn[nH]n2)s1. The Balaban J connectivity index is 2.06. The van der Waals surface area contributed by atoms with Gasteiger partial charge < -0.3 is 5.32 Å². The van der Waals surface area contributed by atoms with E-state index in [1.807, 2.05) is 0 Å². The monoisotopic (exact) mass is 304 g/mol. The van der Waals surface area contributed by atoms with E-state index in [2.05, 4.69) is 40.9 Å². The quantitative estimate of drug-likeness (QED) is 0.563. The number of anilines is 1. The second-order valence-corrected chi connectivity index (χ2v) is 6.13. The van der Waals surface area contributed by atoms with E-state index in [-0.39, 0.29) is 27.7 Å². The van der Waals surface area contributed by atoms with Crippen LogP contribution in [0.25, 0.3) is 0 Å². The van der Waals surface area contributed by atoms with Crippen molar-refractivity contribution in [1.82, 2.24) is 35.5 Å². The van der Waals surface area contributed by atoms with Crippen LogP contribution in [0.15, 0.2) is 4.34 Å². The van der Waals surface area contributed by atoms with E-state index in [1.54, 1.807) is 0 Å². The zero-order valence-corrected chi connectivity index (χ0v) is 11.1. The van der Waals surface area contributed by atoms with Gasteiger partial charge in [0.05, 0.1) is 6.54 Å². The molecule has 2 rings (SSSR count). The maximum absolute atomic E-state index is 11.8. The standard InChI is InChI=1S/C6H8N8O3S2/c1-3(15)8-5-11-12-6(18-5)19(16,17)7-2-4-9-13-14-10-4/h7H,2H2,1H3,(H,8,11,15)(H,9,10,13,14). The van der Waals surface area contributed by atoms with E-state index in [4.69, 9.17) is 0 Å². The van der Waals surface area contributed by atoms with Gasteiger partial charge >= 0.3 is 0 Å². The third-order valence-electron chi connectivity index (χ3n) is 1.73. The summed E-state index contributed by atoms with van der Waals surface area (Å²) in [5.74, 6) is -0.171. The molecule has 0 atom stereocenters. The Morgan fingerprint density at radius 3 is 2.79 bits per heavy atom. The van der Waals surface area contributed by atoms with E-state index in [1.165, 1.54) is 6.92 Å². The molecule has 2 aromatic rings. The fourth-order valence-corrected chi connectivity index (χ4v) is 2.96. The van der Waals surface area contributed by atoms with Crippen LogP contribution in [0.5, 0.6) is 0 Å². The van der Waals surface area contributed by atoms with Gasteiger partial charge in [-0.3, -0.25) is 4.79 Å². The molecule has 0 aliphatic carbocycles. The number of amides is 1. The van der Waals surface area contributed by atoms with Crippen LogP contribution in [0, 0.1) is 0 Å². The van der Waals surface area contributed by atoms with Gasteiger partial charge in [0.15, 0.2) is 5.82 Å². The molecular weight excluding hydrogens is 296 g/mol. The largest absolute Gasteiger partial charge is 0.301 e. The van der Waals surface area contributed by atoms with Crippen LogP contribution in [0.3, 0.4) is 0 Å². The topological polar surface area (TPSA) is 156 Å². The lowest BCUT2D eigenvalue weighted by Crippen LogP contribution is -2.23. The highest BCUT2D eigenvalue weighted by molar-refractivity contribution is 7.91. The van der Waals surface area contributed by atoms with Gasteiger partial charge in [-0.1, -0.05) is 16.6 Å². The summed E-state index contributed by atoms with van der Waals surface area (Å²) in [6.07, 6.45) is 0. The van der Waals surface area contributed by atoms with Crippen LogP contribution < -0.4 is 10.0 Å². The number of tetrazole rings is 1. The molecule has 0 spiro atoms. The number of aromatic nitrogens is 6. The molecule has 0 aliphatic rings. The maximum atomic E-state index is 11.8. The number of hydrogen-bond donors (Lipinski definition) is 3. The molecule has 0 aromatic carbocycles. The van der Waals surface area contributed by atoms with Crippen molar-refractivity contribution in [3.63, 3.8) is 0 Å². The number of carbonyl (C=O) groups is 1. The van der Waals surface area contributed by atoms with Crippen LogP contribution in [0.1, 0.15) is 12.7 Å². The average molecular weight is 304 g/mol. The Kier molecular flexibility index (Phi) is 3.77. The molecule has 2 heterocycles. The fourth-order valence-electron chi connectivity index (χ4n) is 0.998. The highest BCUT2D eigenvalue weighted by Crippen LogP contribution is 2.19.